The van der Waals surface area contributed by atoms with Crippen LogP contribution in [0.1, 0.15) is 74.1 Å². The lowest BCUT2D eigenvalue weighted by molar-refractivity contribution is -0.275. The zero-order valence-electron chi connectivity index (χ0n) is 14.4. The Kier molecular flexibility index (Phi) is 9.95. The van der Waals surface area contributed by atoms with Crippen molar-refractivity contribution in [2.45, 2.75) is 98.2 Å². The SMILES string of the molecule is CCCC(CCC=COC(C)C)(OC(C)C)OC(C)C. The minimum absolute atomic E-state index is 0.163. The third kappa shape index (κ3) is 9.38. The van der Waals surface area contributed by atoms with Gasteiger partial charge in [0, 0.05) is 12.8 Å². The Morgan fingerprint density at radius 1 is 0.850 bits per heavy atom. The molecule has 3 nitrogen and oxygen atoms in total. The van der Waals surface area contributed by atoms with Crippen molar-refractivity contribution < 1.29 is 14.2 Å². The third-order valence-corrected chi connectivity index (χ3v) is 2.67. The highest BCUT2D eigenvalue weighted by Gasteiger charge is 2.32. The molecule has 0 aliphatic carbocycles. The predicted molar refractivity (Wildman–Crippen MR) is 84.7 cm³/mol. The first-order valence-corrected chi connectivity index (χ1v) is 7.97. The van der Waals surface area contributed by atoms with E-state index in [1.165, 1.54) is 0 Å². The molecule has 0 N–H and O–H groups in total. The van der Waals surface area contributed by atoms with E-state index in [2.05, 4.69) is 40.7 Å². The summed E-state index contributed by atoms with van der Waals surface area (Å²) in [4.78, 5) is 0. The molecule has 0 spiro atoms. The molecule has 20 heavy (non-hydrogen) atoms. The standard InChI is InChI=1S/C17H34O3/c1-8-11-17(19-15(4)5,20-16(6)7)12-9-10-13-18-14(2)3/h10,13-16H,8-9,11-12H2,1-7H3. The summed E-state index contributed by atoms with van der Waals surface area (Å²) in [6.45, 7) is 14.5. The quantitative estimate of drug-likeness (QED) is 0.393. The van der Waals surface area contributed by atoms with E-state index in [4.69, 9.17) is 14.2 Å². The summed E-state index contributed by atoms with van der Waals surface area (Å²) in [5.41, 5.74) is 0. The molecule has 0 bridgehead atoms. The summed E-state index contributed by atoms with van der Waals surface area (Å²) < 4.78 is 17.7. The molecule has 0 rings (SSSR count). The van der Waals surface area contributed by atoms with Crippen LogP contribution in [-0.2, 0) is 14.2 Å². The van der Waals surface area contributed by atoms with Crippen LogP contribution < -0.4 is 0 Å². The highest BCUT2D eigenvalue weighted by atomic mass is 16.7. The van der Waals surface area contributed by atoms with E-state index in [1.807, 2.05) is 13.8 Å². The molecule has 0 saturated carbocycles. The highest BCUT2D eigenvalue weighted by molar-refractivity contribution is 4.81. The van der Waals surface area contributed by atoms with Crippen molar-refractivity contribution in [2.75, 3.05) is 0 Å². The topological polar surface area (TPSA) is 27.7 Å². The maximum atomic E-state index is 6.12. The summed E-state index contributed by atoms with van der Waals surface area (Å²) in [6.07, 6.45) is 8.11. The minimum Gasteiger partial charge on any atom is -0.499 e. The van der Waals surface area contributed by atoms with E-state index in [1.54, 1.807) is 6.26 Å². The van der Waals surface area contributed by atoms with Crippen molar-refractivity contribution in [3.05, 3.63) is 12.3 Å². The van der Waals surface area contributed by atoms with Crippen LogP contribution in [0.25, 0.3) is 0 Å². The Morgan fingerprint density at radius 3 is 1.80 bits per heavy atom. The Balaban J connectivity index is 4.59. The molecular weight excluding hydrogens is 252 g/mol. The van der Waals surface area contributed by atoms with Crippen LogP contribution in [0.2, 0.25) is 0 Å². The molecule has 0 aliphatic rings. The first-order chi connectivity index (χ1) is 9.31. The van der Waals surface area contributed by atoms with Gasteiger partial charge in [-0.05, 0) is 54.0 Å². The van der Waals surface area contributed by atoms with Gasteiger partial charge >= 0.3 is 0 Å². The van der Waals surface area contributed by atoms with E-state index in [-0.39, 0.29) is 18.3 Å². The van der Waals surface area contributed by atoms with Gasteiger partial charge in [0.15, 0.2) is 5.79 Å². The van der Waals surface area contributed by atoms with Crippen LogP contribution in [-0.4, -0.2) is 24.1 Å². The van der Waals surface area contributed by atoms with Crippen molar-refractivity contribution >= 4 is 0 Å². The Morgan fingerprint density at radius 2 is 1.40 bits per heavy atom. The molecule has 0 aliphatic heterocycles. The lowest BCUT2D eigenvalue weighted by Crippen LogP contribution is -2.40. The zero-order chi connectivity index (χ0) is 15.6. The first-order valence-electron chi connectivity index (χ1n) is 7.97. The average Bonchev–Trinajstić information content (AvgIpc) is 2.26. The maximum absolute atomic E-state index is 6.12. The highest BCUT2D eigenvalue weighted by Crippen LogP contribution is 2.29. The van der Waals surface area contributed by atoms with E-state index >= 15 is 0 Å². The second kappa shape index (κ2) is 10.2. The van der Waals surface area contributed by atoms with Gasteiger partial charge in [-0.1, -0.05) is 13.3 Å². The summed E-state index contributed by atoms with van der Waals surface area (Å²) in [5.74, 6) is -0.473. The smallest absolute Gasteiger partial charge is 0.169 e. The second-order valence-corrected chi connectivity index (χ2v) is 6.09. The molecule has 0 unspecified atom stereocenters. The van der Waals surface area contributed by atoms with Crippen molar-refractivity contribution in [1.82, 2.24) is 0 Å². The maximum Gasteiger partial charge on any atom is 0.169 e. The second-order valence-electron chi connectivity index (χ2n) is 6.09. The van der Waals surface area contributed by atoms with Crippen molar-refractivity contribution in [3.63, 3.8) is 0 Å². The number of hydrogen-bond donors (Lipinski definition) is 0. The summed E-state index contributed by atoms with van der Waals surface area (Å²) >= 11 is 0. The Bertz CT molecular complexity index is 247. The predicted octanol–water partition coefficient (Wildman–Crippen LogP) is 5.05. The van der Waals surface area contributed by atoms with Gasteiger partial charge in [0.05, 0.1) is 24.6 Å². The average molecular weight is 286 g/mol. The number of hydrogen-bond acceptors (Lipinski definition) is 3. The normalized spacial score (nSPS) is 13.1. The summed E-state index contributed by atoms with van der Waals surface area (Å²) in [5, 5.41) is 0. The molecule has 0 radical (unpaired) electrons. The van der Waals surface area contributed by atoms with Crippen LogP contribution >= 0.6 is 0 Å². The molecule has 3 heteroatoms. The van der Waals surface area contributed by atoms with Crippen molar-refractivity contribution in [1.29, 1.82) is 0 Å². The van der Waals surface area contributed by atoms with Gasteiger partial charge in [-0.25, -0.2) is 0 Å². The third-order valence-electron chi connectivity index (χ3n) is 2.67. The fourth-order valence-electron chi connectivity index (χ4n) is 2.21. The summed E-state index contributed by atoms with van der Waals surface area (Å²) in [6, 6.07) is 0. The molecule has 0 atom stereocenters. The minimum atomic E-state index is -0.473. The lowest BCUT2D eigenvalue weighted by Gasteiger charge is -2.37. The largest absolute Gasteiger partial charge is 0.499 e. The number of ether oxygens (including phenoxy) is 3. The van der Waals surface area contributed by atoms with Gasteiger partial charge in [-0.15, -0.1) is 0 Å². The number of allylic oxidation sites excluding steroid dienone is 1. The Labute approximate surface area is 125 Å². The van der Waals surface area contributed by atoms with Crippen LogP contribution in [0.3, 0.4) is 0 Å². The first kappa shape index (κ1) is 19.5. The van der Waals surface area contributed by atoms with Crippen molar-refractivity contribution in [2.24, 2.45) is 0 Å². The van der Waals surface area contributed by atoms with Crippen LogP contribution in [0.5, 0.6) is 0 Å². The van der Waals surface area contributed by atoms with Gasteiger partial charge in [0.25, 0.3) is 0 Å². The molecule has 0 aromatic rings. The fraction of sp³-hybridized carbons (Fsp3) is 0.882. The molecule has 0 heterocycles. The molecule has 0 aromatic carbocycles. The molecule has 0 amide bonds. The van der Waals surface area contributed by atoms with Gasteiger partial charge < -0.3 is 14.2 Å². The fourth-order valence-corrected chi connectivity index (χ4v) is 2.21. The van der Waals surface area contributed by atoms with Gasteiger partial charge in [0.1, 0.15) is 0 Å². The van der Waals surface area contributed by atoms with Crippen LogP contribution in [0.15, 0.2) is 12.3 Å². The number of rotatable bonds is 11. The van der Waals surface area contributed by atoms with Gasteiger partial charge in [-0.2, -0.15) is 0 Å². The molecule has 120 valence electrons. The molecule has 0 aromatic heterocycles. The molecule has 0 saturated heterocycles. The van der Waals surface area contributed by atoms with Gasteiger partial charge in [0.2, 0.25) is 0 Å². The van der Waals surface area contributed by atoms with Crippen molar-refractivity contribution in [3.8, 4) is 0 Å². The lowest BCUT2D eigenvalue weighted by atomic mass is 10.0. The molecule has 0 fully saturated rings. The van der Waals surface area contributed by atoms with E-state index < -0.39 is 5.79 Å². The van der Waals surface area contributed by atoms with Crippen LogP contribution in [0, 0.1) is 0 Å². The Hall–Kier alpha value is -0.540. The van der Waals surface area contributed by atoms with E-state index in [0.29, 0.717) is 0 Å². The van der Waals surface area contributed by atoms with E-state index in [0.717, 1.165) is 25.7 Å². The molecular formula is C17H34O3. The van der Waals surface area contributed by atoms with E-state index in [9.17, 15) is 0 Å². The summed E-state index contributed by atoms with van der Waals surface area (Å²) in [7, 11) is 0. The van der Waals surface area contributed by atoms with Crippen LogP contribution in [0.4, 0.5) is 0 Å². The van der Waals surface area contributed by atoms with Gasteiger partial charge in [-0.3, -0.25) is 0 Å². The zero-order valence-corrected chi connectivity index (χ0v) is 14.4. The monoisotopic (exact) mass is 286 g/mol.